The van der Waals surface area contributed by atoms with Crippen molar-refractivity contribution in [2.75, 3.05) is 6.79 Å². The first-order chi connectivity index (χ1) is 10.2. The lowest BCUT2D eigenvalue weighted by atomic mass is 9.83. The van der Waals surface area contributed by atoms with E-state index in [0.717, 1.165) is 29.9 Å². The fraction of sp³-hybridized carbons (Fsp3) is 0.562. The Morgan fingerprint density at radius 2 is 2.14 bits per heavy atom. The van der Waals surface area contributed by atoms with E-state index in [2.05, 4.69) is 5.32 Å². The van der Waals surface area contributed by atoms with Crippen LogP contribution in [0, 0.1) is 5.92 Å². The van der Waals surface area contributed by atoms with Crippen LogP contribution in [0.2, 0.25) is 0 Å². The van der Waals surface area contributed by atoms with Crippen molar-refractivity contribution in [1.29, 1.82) is 0 Å². The number of para-hydroxylation sites is 1. The summed E-state index contributed by atoms with van der Waals surface area (Å²) in [6.45, 7) is 0.713. The van der Waals surface area contributed by atoms with Gasteiger partial charge in [-0.3, -0.25) is 4.79 Å². The predicted octanol–water partition coefficient (Wildman–Crippen LogP) is 1.94. The van der Waals surface area contributed by atoms with Crippen LogP contribution in [0.3, 0.4) is 0 Å². The molecule has 2 aliphatic rings. The fourth-order valence-corrected chi connectivity index (χ4v) is 3.12. The van der Waals surface area contributed by atoms with Crippen LogP contribution in [0.25, 0.3) is 0 Å². The zero-order valence-electron chi connectivity index (χ0n) is 12.1. The Kier molecular flexibility index (Phi) is 4.29. The van der Waals surface area contributed by atoms with E-state index < -0.39 is 0 Å². The van der Waals surface area contributed by atoms with Crippen LogP contribution >= 0.6 is 0 Å². The molecule has 0 aromatic heterocycles. The molecule has 1 heterocycles. The van der Waals surface area contributed by atoms with Gasteiger partial charge in [0, 0.05) is 24.6 Å². The van der Waals surface area contributed by atoms with Crippen LogP contribution in [0.4, 0.5) is 0 Å². The third kappa shape index (κ3) is 3.29. The molecule has 5 heteroatoms. The zero-order chi connectivity index (χ0) is 14.7. The molecule has 1 fully saturated rings. The minimum atomic E-state index is 0.0638. The van der Waals surface area contributed by atoms with Gasteiger partial charge in [-0.15, -0.1) is 0 Å². The number of rotatable bonds is 4. The van der Waals surface area contributed by atoms with Gasteiger partial charge in [0.15, 0.2) is 11.5 Å². The summed E-state index contributed by atoms with van der Waals surface area (Å²) in [5, 5.41) is 2.97. The maximum Gasteiger partial charge on any atom is 0.231 e. The molecule has 1 saturated carbocycles. The summed E-state index contributed by atoms with van der Waals surface area (Å²) < 4.78 is 10.8. The Morgan fingerprint density at radius 3 is 3.00 bits per heavy atom. The van der Waals surface area contributed by atoms with E-state index in [4.69, 9.17) is 15.2 Å². The molecule has 114 valence electrons. The van der Waals surface area contributed by atoms with Crippen molar-refractivity contribution in [3.63, 3.8) is 0 Å². The maximum atomic E-state index is 12.1. The number of nitrogens with two attached hydrogens (primary N) is 1. The van der Waals surface area contributed by atoms with Crippen LogP contribution in [0.5, 0.6) is 11.5 Å². The van der Waals surface area contributed by atoms with Gasteiger partial charge in [0.05, 0.1) is 0 Å². The van der Waals surface area contributed by atoms with E-state index in [-0.39, 0.29) is 18.7 Å². The predicted molar refractivity (Wildman–Crippen MR) is 79.0 cm³/mol. The molecule has 1 aliphatic carbocycles. The normalized spacial score (nSPS) is 23.9. The molecule has 0 spiro atoms. The summed E-state index contributed by atoms with van der Waals surface area (Å²) in [6, 6.07) is 5.89. The van der Waals surface area contributed by atoms with Crippen molar-refractivity contribution in [3.8, 4) is 11.5 Å². The first-order valence-electron chi connectivity index (χ1n) is 7.64. The van der Waals surface area contributed by atoms with Gasteiger partial charge in [0.1, 0.15) is 0 Å². The van der Waals surface area contributed by atoms with Crippen molar-refractivity contribution >= 4 is 5.91 Å². The van der Waals surface area contributed by atoms with Gasteiger partial charge in [-0.1, -0.05) is 25.0 Å². The second kappa shape index (κ2) is 6.35. The molecule has 3 N–H and O–H groups in total. The highest BCUT2D eigenvalue weighted by Gasteiger charge is 2.24. The topological polar surface area (TPSA) is 73.6 Å². The van der Waals surface area contributed by atoms with Crippen molar-refractivity contribution in [2.45, 2.75) is 44.7 Å². The SMILES string of the molecule is NC1CCCCC1CC(=O)NCc1cccc2c1OCO2. The number of hydrogen-bond acceptors (Lipinski definition) is 4. The molecule has 1 aromatic rings. The van der Waals surface area contributed by atoms with E-state index in [9.17, 15) is 4.79 Å². The lowest BCUT2D eigenvalue weighted by Crippen LogP contribution is -2.37. The number of amides is 1. The maximum absolute atomic E-state index is 12.1. The van der Waals surface area contributed by atoms with Crippen molar-refractivity contribution in [2.24, 2.45) is 11.7 Å². The van der Waals surface area contributed by atoms with Crippen LogP contribution in [0.15, 0.2) is 18.2 Å². The standard InChI is InChI=1S/C16H22N2O3/c17-13-6-2-1-4-11(13)8-15(19)18-9-12-5-3-7-14-16(12)21-10-20-14/h3,5,7,11,13H,1-2,4,6,8-10,17H2,(H,18,19). The number of carbonyl (C=O) groups excluding carboxylic acids is 1. The monoisotopic (exact) mass is 290 g/mol. The van der Waals surface area contributed by atoms with Gasteiger partial charge in [0.2, 0.25) is 12.7 Å². The highest BCUT2D eigenvalue weighted by Crippen LogP contribution is 2.35. The van der Waals surface area contributed by atoms with E-state index in [1.165, 1.54) is 12.8 Å². The zero-order valence-corrected chi connectivity index (χ0v) is 12.1. The molecule has 3 rings (SSSR count). The molecule has 5 nitrogen and oxygen atoms in total. The summed E-state index contributed by atoms with van der Waals surface area (Å²) in [5.41, 5.74) is 7.04. The Labute approximate surface area is 124 Å². The van der Waals surface area contributed by atoms with E-state index in [1.807, 2.05) is 18.2 Å². The Hall–Kier alpha value is -1.75. The average Bonchev–Trinajstić information content (AvgIpc) is 2.96. The van der Waals surface area contributed by atoms with Crippen molar-refractivity contribution in [3.05, 3.63) is 23.8 Å². The molecule has 1 aromatic carbocycles. The van der Waals surface area contributed by atoms with Gasteiger partial charge in [-0.25, -0.2) is 0 Å². The lowest BCUT2D eigenvalue weighted by Gasteiger charge is -2.27. The van der Waals surface area contributed by atoms with Gasteiger partial charge < -0.3 is 20.5 Å². The summed E-state index contributed by atoms with van der Waals surface area (Å²) in [4.78, 5) is 12.1. The number of fused-ring (bicyclic) bond motifs is 1. The van der Waals surface area contributed by atoms with Gasteiger partial charge in [-0.2, -0.15) is 0 Å². The second-order valence-corrected chi connectivity index (χ2v) is 5.84. The molecule has 1 amide bonds. The molecule has 0 radical (unpaired) electrons. The quantitative estimate of drug-likeness (QED) is 0.888. The molecule has 21 heavy (non-hydrogen) atoms. The fourth-order valence-electron chi connectivity index (χ4n) is 3.12. The Morgan fingerprint density at radius 1 is 1.29 bits per heavy atom. The van der Waals surface area contributed by atoms with Gasteiger partial charge in [-0.05, 0) is 24.8 Å². The molecule has 2 atom stereocenters. The third-order valence-electron chi connectivity index (χ3n) is 4.37. The van der Waals surface area contributed by atoms with Crippen molar-refractivity contribution in [1.82, 2.24) is 5.32 Å². The first-order valence-corrected chi connectivity index (χ1v) is 7.64. The molecule has 0 saturated heterocycles. The smallest absolute Gasteiger partial charge is 0.231 e. The highest BCUT2D eigenvalue weighted by molar-refractivity contribution is 5.76. The van der Waals surface area contributed by atoms with Gasteiger partial charge in [0.25, 0.3) is 0 Å². The minimum absolute atomic E-state index is 0.0638. The van der Waals surface area contributed by atoms with Gasteiger partial charge >= 0.3 is 0 Å². The van der Waals surface area contributed by atoms with E-state index >= 15 is 0 Å². The third-order valence-corrected chi connectivity index (χ3v) is 4.37. The summed E-state index contributed by atoms with van der Waals surface area (Å²) in [6.07, 6.45) is 4.99. The minimum Gasteiger partial charge on any atom is -0.454 e. The first kappa shape index (κ1) is 14.2. The summed E-state index contributed by atoms with van der Waals surface area (Å²) >= 11 is 0. The molecule has 0 bridgehead atoms. The summed E-state index contributed by atoms with van der Waals surface area (Å²) in [7, 11) is 0. The number of nitrogens with one attached hydrogen (secondary N) is 1. The Bertz CT molecular complexity index is 518. The van der Waals surface area contributed by atoms with Crippen LogP contribution in [-0.4, -0.2) is 18.7 Å². The highest BCUT2D eigenvalue weighted by atomic mass is 16.7. The second-order valence-electron chi connectivity index (χ2n) is 5.84. The number of carbonyl (C=O) groups is 1. The lowest BCUT2D eigenvalue weighted by molar-refractivity contribution is -0.122. The molecule has 2 unspecified atom stereocenters. The summed E-state index contributed by atoms with van der Waals surface area (Å²) in [5.74, 6) is 1.87. The Balaban J connectivity index is 1.53. The number of hydrogen-bond donors (Lipinski definition) is 2. The number of ether oxygens (including phenoxy) is 2. The molecular weight excluding hydrogens is 268 g/mol. The average molecular weight is 290 g/mol. The number of benzene rings is 1. The van der Waals surface area contributed by atoms with Crippen LogP contribution in [-0.2, 0) is 11.3 Å². The largest absolute Gasteiger partial charge is 0.454 e. The van der Waals surface area contributed by atoms with Crippen LogP contribution < -0.4 is 20.5 Å². The van der Waals surface area contributed by atoms with Crippen LogP contribution in [0.1, 0.15) is 37.7 Å². The molecule has 1 aliphatic heterocycles. The molecular formula is C16H22N2O3. The van der Waals surface area contributed by atoms with Crippen molar-refractivity contribution < 1.29 is 14.3 Å². The van der Waals surface area contributed by atoms with E-state index in [1.54, 1.807) is 0 Å². The van der Waals surface area contributed by atoms with E-state index in [0.29, 0.717) is 18.9 Å².